The molecule has 0 aliphatic rings. The average Bonchev–Trinajstić information content (AvgIpc) is 3.00. The van der Waals surface area contributed by atoms with Crippen LogP contribution in [0.15, 0.2) is 34.6 Å². The molecule has 1 unspecified atom stereocenters. The highest BCUT2D eigenvalue weighted by Crippen LogP contribution is 2.17. The number of benzene rings is 1. The highest BCUT2D eigenvalue weighted by atomic mass is 127. The molecular weight excluding hydrogens is 466 g/mol. The number of hydrogen-bond donors (Lipinski definition) is 1. The molecule has 0 fully saturated rings. The van der Waals surface area contributed by atoms with Crippen molar-refractivity contribution in [2.75, 3.05) is 27.2 Å². The zero-order chi connectivity index (χ0) is 18.2. The molecule has 0 amide bonds. The quantitative estimate of drug-likeness (QED) is 0.361. The van der Waals surface area contributed by atoms with Crippen molar-refractivity contribution in [3.63, 3.8) is 0 Å². The molecule has 5 nitrogen and oxygen atoms in total. The lowest BCUT2D eigenvalue weighted by atomic mass is 10.1. The van der Waals surface area contributed by atoms with Gasteiger partial charge in [0.05, 0.1) is 23.8 Å². The lowest BCUT2D eigenvalue weighted by Crippen LogP contribution is -2.38. The van der Waals surface area contributed by atoms with Gasteiger partial charge in [0.25, 0.3) is 0 Å². The van der Waals surface area contributed by atoms with Crippen LogP contribution in [-0.4, -0.2) is 43.1 Å². The predicted octanol–water partition coefficient (Wildman–Crippen LogP) is 3.99. The van der Waals surface area contributed by atoms with Crippen LogP contribution in [0, 0.1) is 12.7 Å². The van der Waals surface area contributed by atoms with E-state index in [1.54, 1.807) is 30.6 Å². The van der Waals surface area contributed by atoms with E-state index in [-0.39, 0.29) is 35.9 Å². The van der Waals surface area contributed by atoms with E-state index < -0.39 is 0 Å². The number of aliphatic imine (C=N–C) groups is 1. The molecular formula is C18H26FIN4OS. The van der Waals surface area contributed by atoms with Gasteiger partial charge in [-0.05, 0) is 31.5 Å². The van der Waals surface area contributed by atoms with Crippen molar-refractivity contribution in [3.8, 4) is 0 Å². The number of hydrogen-bond acceptors (Lipinski definition) is 4. The normalized spacial score (nSPS) is 12.4. The summed E-state index contributed by atoms with van der Waals surface area (Å²) in [5.74, 6) is 0.533. The second-order valence-corrected chi connectivity index (χ2v) is 6.75. The van der Waals surface area contributed by atoms with Crippen LogP contribution in [0.2, 0.25) is 0 Å². The van der Waals surface area contributed by atoms with Gasteiger partial charge >= 0.3 is 0 Å². The van der Waals surface area contributed by atoms with Crippen molar-refractivity contribution < 1.29 is 9.13 Å². The molecule has 1 aromatic carbocycles. The summed E-state index contributed by atoms with van der Waals surface area (Å²) >= 11 is 1.64. The van der Waals surface area contributed by atoms with E-state index in [2.05, 4.69) is 20.7 Å². The van der Waals surface area contributed by atoms with Gasteiger partial charge in [-0.3, -0.25) is 4.99 Å². The maximum absolute atomic E-state index is 13.1. The predicted molar refractivity (Wildman–Crippen MR) is 116 cm³/mol. The maximum atomic E-state index is 13.1. The standard InChI is InChI=1S/C18H25FN4OS.HI/c1-5-20-18(23(3)11-16-12-25-13(2)22-16)21-10-17(24-4)14-6-8-15(19)9-7-14;/h6-9,12,17H,5,10-11H2,1-4H3,(H,20,21);1H. The molecule has 0 bridgehead atoms. The zero-order valence-corrected chi connectivity index (χ0v) is 18.7. The molecule has 1 aromatic heterocycles. The average molecular weight is 492 g/mol. The summed E-state index contributed by atoms with van der Waals surface area (Å²) in [7, 11) is 3.62. The van der Waals surface area contributed by atoms with E-state index >= 15 is 0 Å². The Labute approximate surface area is 175 Å². The number of aryl methyl sites for hydroxylation is 1. The minimum atomic E-state index is -0.256. The van der Waals surface area contributed by atoms with Crippen LogP contribution in [0.5, 0.6) is 0 Å². The van der Waals surface area contributed by atoms with E-state index in [1.165, 1.54) is 12.1 Å². The Bertz CT molecular complexity index is 693. The van der Waals surface area contributed by atoms with Crippen molar-refractivity contribution in [3.05, 3.63) is 51.7 Å². The van der Waals surface area contributed by atoms with Gasteiger partial charge in [-0.1, -0.05) is 12.1 Å². The highest BCUT2D eigenvalue weighted by molar-refractivity contribution is 14.0. The Morgan fingerprint density at radius 2 is 2.08 bits per heavy atom. The summed E-state index contributed by atoms with van der Waals surface area (Å²) < 4.78 is 18.6. The van der Waals surface area contributed by atoms with Gasteiger partial charge in [-0.2, -0.15) is 0 Å². The van der Waals surface area contributed by atoms with Crippen LogP contribution in [0.25, 0.3) is 0 Å². The van der Waals surface area contributed by atoms with Gasteiger partial charge in [0.15, 0.2) is 5.96 Å². The van der Waals surface area contributed by atoms with Gasteiger partial charge in [0.2, 0.25) is 0 Å². The fourth-order valence-electron chi connectivity index (χ4n) is 2.43. The van der Waals surface area contributed by atoms with Crippen LogP contribution >= 0.6 is 35.3 Å². The van der Waals surface area contributed by atoms with Crippen molar-refractivity contribution in [1.29, 1.82) is 0 Å². The molecule has 144 valence electrons. The van der Waals surface area contributed by atoms with Crippen LogP contribution < -0.4 is 5.32 Å². The van der Waals surface area contributed by atoms with Gasteiger partial charge < -0.3 is 15.0 Å². The van der Waals surface area contributed by atoms with E-state index in [9.17, 15) is 4.39 Å². The molecule has 2 aromatic rings. The Morgan fingerprint density at radius 3 is 2.62 bits per heavy atom. The first-order chi connectivity index (χ1) is 12.0. The Morgan fingerprint density at radius 1 is 1.38 bits per heavy atom. The molecule has 1 N–H and O–H groups in total. The van der Waals surface area contributed by atoms with E-state index in [1.807, 2.05) is 25.8 Å². The lowest BCUT2D eigenvalue weighted by molar-refractivity contribution is 0.110. The number of rotatable bonds is 7. The molecule has 26 heavy (non-hydrogen) atoms. The van der Waals surface area contributed by atoms with E-state index in [4.69, 9.17) is 4.74 Å². The number of guanidine groups is 1. The van der Waals surface area contributed by atoms with Crippen molar-refractivity contribution >= 4 is 41.3 Å². The molecule has 0 saturated heterocycles. The summed E-state index contributed by atoms with van der Waals surface area (Å²) in [6, 6.07) is 6.33. The minimum Gasteiger partial charge on any atom is -0.375 e. The number of ether oxygens (including phenoxy) is 1. The largest absolute Gasteiger partial charge is 0.375 e. The number of nitrogens with zero attached hydrogens (tertiary/aromatic N) is 3. The zero-order valence-electron chi connectivity index (χ0n) is 15.5. The third kappa shape index (κ3) is 6.81. The monoisotopic (exact) mass is 492 g/mol. The maximum Gasteiger partial charge on any atom is 0.194 e. The topological polar surface area (TPSA) is 49.8 Å². The second kappa shape index (κ2) is 11.5. The third-order valence-corrected chi connectivity index (χ3v) is 4.52. The first-order valence-corrected chi connectivity index (χ1v) is 9.10. The van der Waals surface area contributed by atoms with Gasteiger partial charge in [0.1, 0.15) is 11.9 Å². The van der Waals surface area contributed by atoms with Crippen molar-refractivity contribution in [1.82, 2.24) is 15.2 Å². The fourth-order valence-corrected chi connectivity index (χ4v) is 3.04. The Hall–Kier alpha value is -1.26. The SMILES string of the molecule is CCNC(=NCC(OC)c1ccc(F)cc1)N(C)Cc1csc(C)n1.I. The number of aromatic nitrogens is 1. The van der Waals surface area contributed by atoms with Crippen molar-refractivity contribution in [2.45, 2.75) is 26.5 Å². The first kappa shape index (κ1) is 22.8. The summed E-state index contributed by atoms with van der Waals surface area (Å²) in [6.45, 7) is 5.94. The molecule has 0 aliphatic heterocycles. The molecule has 1 heterocycles. The summed E-state index contributed by atoms with van der Waals surface area (Å²) in [5.41, 5.74) is 1.93. The van der Waals surface area contributed by atoms with Gasteiger partial charge in [-0.15, -0.1) is 35.3 Å². The number of methoxy groups -OCH3 is 1. The molecule has 0 aliphatic carbocycles. The van der Waals surface area contributed by atoms with Crippen LogP contribution in [-0.2, 0) is 11.3 Å². The molecule has 0 spiro atoms. The molecule has 2 rings (SSSR count). The van der Waals surface area contributed by atoms with Crippen LogP contribution in [0.3, 0.4) is 0 Å². The number of thiazole rings is 1. The van der Waals surface area contributed by atoms with Gasteiger partial charge in [-0.25, -0.2) is 9.37 Å². The van der Waals surface area contributed by atoms with E-state index in [0.717, 1.165) is 28.8 Å². The van der Waals surface area contributed by atoms with Crippen LogP contribution in [0.1, 0.15) is 29.3 Å². The minimum absolute atomic E-state index is 0. The smallest absolute Gasteiger partial charge is 0.194 e. The molecule has 8 heteroatoms. The summed E-state index contributed by atoms with van der Waals surface area (Å²) in [5, 5.41) is 6.40. The Balaban J connectivity index is 0.00000338. The molecule has 1 atom stereocenters. The third-order valence-electron chi connectivity index (χ3n) is 3.70. The lowest BCUT2D eigenvalue weighted by Gasteiger charge is -2.22. The van der Waals surface area contributed by atoms with Gasteiger partial charge in [0, 0.05) is 26.1 Å². The highest BCUT2D eigenvalue weighted by Gasteiger charge is 2.13. The summed E-state index contributed by atoms with van der Waals surface area (Å²) in [4.78, 5) is 11.2. The van der Waals surface area contributed by atoms with E-state index in [0.29, 0.717) is 13.1 Å². The number of halogens is 2. The number of nitrogens with one attached hydrogen (secondary N) is 1. The second-order valence-electron chi connectivity index (χ2n) is 5.68. The van der Waals surface area contributed by atoms with Crippen LogP contribution in [0.4, 0.5) is 4.39 Å². The first-order valence-electron chi connectivity index (χ1n) is 8.22. The molecule has 0 saturated carbocycles. The molecule has 0 radical (unpaired) electrons. The fraction of sp³-hybridized carbons (Fsp3) is 0.444. The summed E-state index contributed by atoms with van der Waals surface area (Å²) in [6.07, 6.45) is -0.218. The van der Waals surface area contributed by atoms with Crippen molar-refractivity contribution in [2.24, 2.45) is 4.99 Å². The Kier molecular flexibility index (Phi) is 10.0.